The summed E-state index contributed by atoms with van der Waals surface area (Å²) in [5.41, 5.74) is 2.68. The van der Waals surface area contributed by atoms with E-state index in [2.05, 4.69) is 24.1 Å². The van der Waals surface area contributed by atoms with Gasteiger partial charge in [-0.15, -0.1) is 0 Å². The number of unbranched alkanes of at least 4 members (excludes halogenated alkanes) is 3. The molecule has 0 aromatic heterocycles. The van der Waals surface area contributed by atoms with Gasteiger partial charge in [-0.25, -0.2) is 0 Å². The van der Waals surface area contributed by atoms with Crippen LogP contribution in [0.2, 0.25) is 0 Å². The number of anilines is 3. The van der Waals surface area contributed by atoms with Gasteiger partial charge in [0.15, 0.2) is 0 Å². The summed E-state index contributed by atoms with van der Waals surface area (Å²) in [6, 6.07) is 15.1. The molecule has 2 amide bonds. The quantitative estimate of drug-likeness (QED) is 0.273. The van der Waals surface area contributed by atoms with Crippen LogP contribution in [0.25, 0.3) is 0 Å². The molecule has 0 atom stereocenters. The molecule has 1 aliphatic heterocycles. The number of hydrogen-bond acceptors (Lipinski definition) is 3. The van der Waals surface area contributed by atoms with Crippen LogP contribution >= 0.6 is 0 Å². The zero-order chi connectivity index (χ0) is 26.7. The van der Waals surface area contributed by atoms with Gasteiger partial charge in [0.25, 0.3) is 5.91 Å². The van der Waals surface area contributed by atoms with Gasteiger partial charge >= 0.3 is 0 Å². The Bertz CT molecular complexity index is 1040. The minimum absolute atomic E-state index is 0.0871. The lowest BCUT2D eigenvalue weighted by Gasteiger charge is -2.31. The predicted molar refractivity (Wildman–Crippen MR) is 158 cm³/mol. The Balaban J connectivity index is 1.28. The topological polar surface area (TPSA) is 52.7 Å². The number of amides is 2. The van der Waals surface area contributed by atoms with Crippen LogP contribution in [0.5, 0.6) is 0 Å². The summed E-state index contributed by atoms with van der Waals surface area (Å²) in [6.45, 7) is 8.33. The highest BCUT2D eigenvalue weighted by Gasteiger charge is 2.31. The van der Waals surface area contributed by atoms with Gasteiger partial charge in [0.05, 0.1) is 22.6 Å². The normalized spacial score (nSPS) is 19.0. The van der Waals surface area contributed by atoms with Crippen molar-refractivity contribution in [1.82, 2.24) is 4.90 Å². The fourth-order valence-corrected chi connectivity index (χ4v) is 6.15. The molecule has 0 spiro atoms. The Hall–Kier alpha value is -2.66. The molecule has 2 aromatic carbocycles. The van der Waals surface area contributed by atoms with E-state index in [-0.39, 0.29) is 11.8 Å². The van der Waals surface area contributed by atoms with E-state index in [0.717, 1.165) is 24.4 Å². The van der Waals surface area contributed by atoms with Crippen molar-refractivity contribution in [2.45, 2.75) is 90.9 Å². The third kappa shape index (κ3) is 7.47. The molecular formula is C33H47N3O2. The van der Waals surface area contributed by atoms with Crippen molar-refractivity contribution in [3.63, 3.8) is 0 Å². The van der Waals surface area contributed by atoms with Crippen molar-refractivity contribution in [2.75, 3.05) is 29.9 Å². The summed E-state index contributed by atoms with van der Waals surface area (Å²) in [5, 5.41) is 2.99. The number of para-hydroxylation sites is 3. The first-order valence-electron chi connectivity index (χ1n) is 15.1. The van der Waals surface area contributed by atoms with Gasteiger partial charge in [0.1, 0.15) is 0 Å². The fraction of sp³-hybridized carbons (Fsp3) is 0.576. The van der Waals surface area contributed by atoms with E-state index in [4.69, 9.17) is 0 Å². The largest absolute Gasteiger partial charge is 0.320 e. The third-order valence-electron chi connectivity index (χ3n) is 8.45. The van der Waals surface area contributed by atoms with Crippen LogP contribution in [-0.2, 0) is 4.79 Å². The van der Waals surface area contributed by atoms with Crippen LogP contribution in [0.4, 0.5) is 17.1 Å². The van der Waals surface area contributed by atoms with E-state index in [1.54, 1.807) is 11.0 Å². The molecule has 0 bridgehead atoms. The number of hydrogen-bond donors (Lipinski definition) is 1. The lowest BCUT2D eigenvalue weighted by molar-refractivity contribution is -0.119. The molecule has 4 rings (SSSR count). The molecule has 1 heterocycles. The molecule has 1 N–H and O–H groups in total. The number of rotatable bonds is 13. The predicted octanol–water partition coefficient (Wildman–Crippen LogP) is 8.19. The number of nitrogens with one attached hydrogen (secondary N) is 1. The summed E-state index contributed by atoms with van der Waals surface area (Å²) in [5.74, 6) is 1.15. The summed E-state index contributed by atoms with van der Waals surface area (Å²) in [4.78, 5) is 31.0. The Morgan fingerprint density at radius 3 is 2.13 bits per heavy atom. The van der Waals surface area contributed by atoms with Crippen molar-refractivity contribution in [3.05, 3.63) is 54.1 Å². The van der Waals surface area contributed by atoms with E-state index >= 15 is 0 Å². The third-order valence-corrected chi connectivity index (χ3v) is 8.45. The zero-order valence-electron chi connectivity index (χ0n) is 23.6. The minimum Gasteiger partial charge on any atom is -0.320 e. The molecule has 5 heteroatoms. The summed E-state index contributed by atoms with van der Waals surface area (Å²) < 4.78 is 0. The van der Waals surface area contributed by atoms with Gasteiger partial charge in [0.2, 0.25) is 5.91 Å². The molecular weight excluding hydrogens is 470 g/mol. The van der Waals surface area contributed by atoms with Crippen molar-refractivity contribution in [3.8, 4) is 0 Å². The molecule has 1 aliphatic carbocycles. The molecule has 2 aliphatic rings. The lowest BCUT2D eigenvalue weighted by Crippen LogP contribution is -2.29. The van der Waals surface area contributed by atoms with Gasteiger partial charge < -0.3 is 10.2 Å². The van der Waals surface area contributed by atoms with E-state index in [9.17, 15) is 9.59 Å². The molecule has 0 radical (unpaired) electrons. The van der Waals surface area contributed by atoms with Crippen LogP contribution in [0, 0.1) is 11.8 Å². The van der Waals surface area contributed by atoms with Crippen molar-refractivity contribution in [1.29, 1.82) is 0 Å². The Kier molecular flexibility index (Phi) is 10.8. The second-order valence-electron chi connectivity index (χ2n) is 11.4. The monoisotopic (exact) mass is 517 g/mol. The maximum absolute atomic E-state index is 13.7. The molecule has 0 unspecified atom stereocenters. The van der Waals surface area contributed by atoms with E-state index in [1.807, 2.05) is 42.5 Å². The fourth-order valence-electron chi connectivity index (χ4n) is 6.15. The molecule has 5 nitrogen and oxygen atoms in total. The standard InChI is InChI=1S/C33H47N3O2/c1-3-5-22-35(23-6-4-2)24-12-11-13-26-18-20-27(21-19-26)25-32(37)36-30-16-9-7-14-28(30)33(38)34-29-15-8-10-17-31(29)36/h7-10,14-17,26-27H,3-6,11-13,18-25H2,1-2H3,(H,34,38). The SMILES string of the molecule is CCCCN(CCCC)CCCCC1CCC(CC(=O)N2c3ccccc3NC(=O)c3ccccc32)CC1. The molecule has 38 heavy (non-hydrogen) atoms. The van der Waals surface area contributed by atoms with Crippen LogP contribution in [0.1, 0.15) is 101 Å². The van der Waals surface area contributed by atoms with E-state index in [0.29, 0.717) is 29.3 Å². The summed E-state index contributed by atoms with van der Waals surface area (Å²) in [6.07, 6.45) is 14.4. The molecule has 206 valence electrons. The molecule has 1 fully saturated rings. The van der Waals surface area contributed by atoms with Crippen LogP contribution < -0.4 is 10.2 Å². The number of benzene rings is 2. The van der Waals surface area contributed by atoms with Crippen LogP contribution in [0.3, 0.4) is 0 Å². The van der Waals surface area contributed by atoms with Crippen molar-refractivity contribution < 1.29 is 9.59 Å². The van der Waals surface area contributed by atoms with Gasteiger partial charge in [-0.3, -0.25) is 14.5 Å². The number of nitrogens with zero attached hydrogens (tertiary/aromatic N) is 2. The second kappa shape index (κ2) is 14.5. The van der Waals surface area contributed by atoms with Crippen LogP contribution in [0.15, 0.2) is 48.5 Å². The molecule has 1 saturated carbocycles. The second-order valence-corrected chi connectivity index (χ2v) is 11.4. The first-order valence-corrected chi connectivity index (χ1v) is 15.1. The average molecular weight is 518 g/mol. The Labute approximate surface area is 230 Å². The zero-order valence-corrected chi connectivity index (χ0v) is 23.6. The number of carbonyl (C=O) groups is 2. The van der Waals surface area contributed by atoms with E-state index in [1.165, 1.54) is 77.4 Å². The average Bonchev–Trinajstić information content (AvgIpc) is 3.06. The van der Waals surface area contributed by atoms with Crippen molar-refractivity contribution in [2.24, 2.45) is 11.8 Å². The smallest absolute Gasteiger partial charge is 0.257 e. The van der Waals surface area contributed by atoms with E-state index < -0.39 is 0 Å². The summed E-state index contributed by atoms with van der Waals surface area (Å²) in [7, 11) is 0. The van der Waals surface area contributed by atoms with Gasteiger partial charge in [-0.2, -0.15) is 0 Å². The molecule has 0 saturated heterocycles. The first kappa shape index (κ1) is 28.4. The Morgan fingerprint density at radius 1 is 0.816 bits per heavy atom. The first-order chi connectivity index (χ1) is 18.6. The highest BCUT2D eigenvalue weighted by atomic mass is 16.2. The number of fused-ring (bicyclic) bond motifs is 2. The number of carbonyl (C=O) groups excluding carboxylic acids is 2. The van der Waals surface area contributed by atoms with Crippen molar-refractivity contribution >= 4 is 28.9 Å². The maximum Gasteiger partial charge on any atom is 0.257 e. The van der Waals surface area contributed by atoms with Gasteiger partial charge in [0, 0.05) is 6.42 Å². The highest BCUT2D eigenvalue weighted by Crippen LogP contribution is 2.40. The summed E-state index contributed by atoms with van der Waals surface area (Å²) >= 11 is 0. The van der Waals surface area contributed by atoms with Gasteiger partial charge in [-0.1, -0.05) is 76.6 Å². The minimum atomic E-state index is -0.164. The van der Waals surface area contributed by atoms with Gasteiger partial charge in [-0.05, 0) is 87.8 Å². The molecule has 2 aromatic rings. The van der Waals surface area contributed by atoms with Crippen LogP contribution in [-0.4, -0.2) is 36.3 Å². The maximum atomic E-state index is 13.7. The lowest BCUT2D eigenvalue weighted by atomic mass is 9.78. The highest BCUT2D eigenvalue weighted by molar-refractivity contribution is 6.17. The Morgan fingerprint density at radius 2 is 1.42 bits per heavy atom.